The molecule has 50 heavy (non-hydrogen) atoms. The molecule has 0 amide bonds. The van der Waals surface area contributed by atoms with E-state index < -0.39 is 9.84 Å². The van der Waals surface area contributed by atoms with Gasteiger partial charge in [-0.3, -0.25) is 0 Å². The molecule has 1 saturated heterocycles. The molecule has 0 aromatic heterocycles. The Morgan fingerprint density at radius 3 is 2.30 bits per heavy atom. The van der Waals surface area contributed by atoms with E-state index >= 15 is 0 Å². The van der Waals surface area contributed by atoms with Crippen LogP contribution < -0.4 is 5.32 Å². The quantitative estimate of drug-likeness (QED) is 0.227. The van der Waals surface area contributed by atoms with Crippen molar-refractivity contribution in [3.63, 3.8) is 0 Å². The van der Waals surface area contributed by atoms with E-state index in [0.717, 1.165) is 19.5 Å². The normalized spacial score (nSPS) is 41.9. The number of fused-ring (bicyclic) bond motifs is 7. The van der Waals surface area contributed by atoms with E-state index in [-0.39, 0.29) is 29.2 Å². The highest BCUT2D eigenvalue weighted by Crippen LogP contribution is 2.76. The van der Waals surface area contributed by atoms with Crippen molar-refractivity contribution in [2.24, 2.45) is 51.2 Å². The maximum atomic E-state index is 12.1. The lowest BCUT2D eigenvalue weighted by atomic mass is 9.33. The average Bonchev–Trinajstić information content (AvgIpc) is 3.45. The van der Waals surface area contributed by atoms with E-state index in [0.29, 0.717) is 65.2 Å². The second-order valence-electron chi connectivity index (χ2n) is 18.9. The highest BCUT2D eigenvalue weighted by molar-refractivity contribution is 7.91. The van der Waals surface area contributed by atoms with Gasteiger partial charge < -0.3 is 15.0 Å². The van der Waals surface area contributed by atoms with E-state index in [1.165, 1.54) is 75.2 Å². The van der Waals surface area contributed by atoms with Crippen molar-refractivity contribution >= 4 is 21.4 Å². The SMILES string of the molecule is C=C(C)[C@@H]1CC[C@]2(NCCN3CCS(=O)(=O)CC3)CC[C@]3(C)[C@H](CC[C@@H]4[C@@]5(C)CC=C(c6ccc(C(=O)OC)cc6)C(C)(C)[C@@H]5CC[C@]43C)[C@@H]12.[HH]. The molecule has 0 spiro atoms. The number of rotatable bonds is 7. The molecule has 5 aliphatic carbocycles. The van der Waals surface area contributed by atoms with Crippen molar-refractivity contribution in [1.29, 1.82) is 0 Å². The molecular weight excluding hydrogens is 641 g/mol. The molecule has 1 aromatic carbocycles. The first-order valence-corrected chi connectivity index (χ1v) is 21.6. The highest BCUT2D eigenvalue weighted by Gasteiger charge is 2.70. The first kappa shape index (κ1) is 36.4. The summed E-state index contributed by atoms with van der Waals surface area (Å²) in [7, 11) is -1.41. The van der Waals surface area contributed by atoms with Crippen LogP contribution in [0.25, 0.3) is 5.57 Å². The minimum absolute atomic E-state index is 0. The van der Waals surface area contributed by atoms with Crippen LogP contribution in [0.2, 0.25) is 0 Å². The van der Waals surface area contributed by atoms with E-state index in [1.54, 1.807) is 0 Å². The molecule has 9 atom stereocenters. The molecule has 278 valence electrons. The number of carbonyl (C=O) groups is 1. The summed E-state index contributed by atoms with van der Waals surface area (Å²) in [4.78, 5) is 14.5. The Hall–Kier alpha value is -1.96. The van der Waals surface area contributed by atoms with E-state index in [9.17, 15) is 13.2 Å². The topological polar surface area (TPSA) is 75.7 Å². The maximum absolute atomic E-state index is 12.1. The average molecular weight is 707 g/mol. The smallest absolute Gasteiger partial charge is 0.337 e. The number of nitrogens with one attached hydrogen (secondary N) is 1. The molecule has 6 aliphatic rings. The van der Waals surface area contributed by atoms with Crippen molar-refractivity contribution in [2.45, 2.75) is 105 Å². The first-order valence-electron chi connectivity index (χ1n) is 19.7. The number of carbonyl (C=O) groups excluding carboxylic acids is 1. The fourth-order valence-corrected chi connectivity index (χ4v) is 15.2. The summed E-state index contributed by atoms with van der Waals surface area (Å²) in [6.45, 7) is 23.2. The van der Waals surface area contributed by atoms with Crippen molar-refractivity contribution < 1.29 is 19.4 Å². The van der Waals surface area contributed by atoms with Crippen LogP contribution in [0, 0.1) is 51.2 Å². The third-order valence-electron chi connectivity index (χ3n) is 16.6. The van der Waals surface area contributed by atoms with Gasteiger partial charge in [0, 0.05) is 33.1 Å². The molecule has 7 rings (SSSR count). The molecule has 7 heteroatoms. The summed E-state index contributed by atoms with van der Waals surface area (Å²) in [5.41, 5.74) is 5.69. The minimum atomic E-state index is -2.86. The highest BCUT2D eigenvalue weighted by atomic mass is 32.2. The van der Waals surface area contributed by atoms with Gasteiger partial charge >= 0.3 is 5.97 Å². The number of hydrogen-bond acceptors (Lipinski definition) is 6. The van der Waals surface area contributed by atoms with Gasteiger partial charge in [-0.15, -0.1) is 0 Å². The molecule has 0 bridgehead atoms. The van der Waals surface area contributed by atoms with Crippen molar-refractivity contribution in [1.82, 2.24) is 10.2 Å². The van der Waals surface area contributed by atoms with Crippen LogP contribution in [-0.4, -0.2) is 69.6 Å². The Labute approximate surface area is 304 Å². The molecule has 1 aromatic rings. The third-order valence-corrected chi connectivity index (χ3v) is 18.2. The molecule has 1 heterocycles. The third kappa shape index (κ3) is 5.52. The van der Waals surface area contributed by atoms with Gasteiger partial charge in [-0.25, -0.2) is 13.2 Å². The van der Waals surface area contributed by atoms with Crippen LogP contribution in [0.3, 0.4) is 0 Å². The monoisotopic (exact) mass is 706 g/mol. The number of ether oxygens (including phenoxy) is 1. The molecule has 0 unspecified atom stereocenters. The molecular formula is C43H66N2O4S. The predicted octanol–water partition coefficient (Wildman–Crippen LogP) is 8.44. The summed E-state index contributed by atoms with van der Waals surface area (Å²) in [5.74, 6) is 3.50. The van der Waals surface area contributed by atoms with Crippen LogP contribution in [0.1, 0.15) is 117 Å². The van der Waals surface area contributed by atoms with Crippen LogP contribution in [0.5, 0.6) is 0 Å². The fraction of sp³-hybridized carbons (Fsp3) is 0.744. The molecule has 1 N–H and O–H groups in total. The zero-order valence-electron chi connectivity index (χ0n) is 32.1. The minimum Gasteiger partial charge on any atom is -0.465 e. The molecule has 5 fully saturated rings. The molecule has 6 nitrogen and oxygen atoms in total. The number of sulfone groups is 1. The number of esters is 1. The Kier molecular flexibility index (Phi) is 9.16. The Morgan fingerprint density at radius 2 is 1.64 bits per heavy atom. The van der Waals surface area contributed by atoms with E-state index in [4.69, 9.17) is 4.74 Å². The summed E-state index contributed by atoms with van der Waals surface area (Å²) < 4.78 is 29.0. The van der Waals surface area contributed by atoms with Gasteiger partial charge in [0.25, 0.3) is 0 Å². The Bertz CT molecular complexity index is 1640. The second-order valence-corrected chi connectivity index (χ2v) is 21.2. The second kappa shape index (κ2) is 12.6. The molecule has 4 saturated carbocycles. The molecule has 1 aliphatic heterocycles. The van der Waals surface area contributed by atoms with Gasteiger partial charge in [0.05, 0.1) is 24.2 Å². The zero-order chi connectivity index (χ0) is 35.9. The lowest BCUT2D eigenvalue weighted by Gasteiger charge is -2.72. The maximum Gasteiger partial charge on any atom is 0.337 e. The van der Waals surface area contributed by atoms with E-state index in [1.807, 2.05) is 12.1 Å². The Balaban J connectivity index is 0.00000448. The zero-order valence-corrected chi connectivity index (χ0v) is 32.9. The van der Waals surface area contributed by atoms with Crippen LogP contribution in [0.4, 0.5) is 0 Å². The standard InChI is InChI=1S/C43H64N2O4S.H2/c1-29(2)32-15-20-43(44-23-24-45-25-27-50(47,48)28-26-45)22-21-41(6)34(37(32)43)13-14-36-40(5)18-16-33(30-9-11-31(12-10-30)38(46)49-8)39(3,4)35(40)17-19-42(36,41)7;/h9-12,16,32,34-37,44H,1,13-15,17-28H2,2-8H3;1H/t32-,34+,35-,36+,37+,40-,41+,42+,43-;/m0./s1. The Morgan fingerprint density at radius 1 is 0.940 bits per heavy atom. The van der Waals surface area contributed by atoms with Crippen LogP contribution >= 0.6 is 0 Å². The predicted molar refractivity (Wildman–Crippen MR) is 206 cm³/mol. The summed E-state index contributed by atoms with van der Waals surface area (Å²) in [5, 5.41) is 4.22. The fourth-order valence-electron chi connectivity index (χ4n) is 13.9. The first-order chi connectivity index (χ1) is 23.5. The number of nitrogens with zero attached hydrogens (tertiary/aromatic N) is 1. The van der Waals surface area contributed by atoms with Gasteiger partial charge in [-0.05, 0) is 139 Å². The van der Waals surface area contributed by atoms with Gasteiger partial charge in [0.1, 0.15) is 0 Å². The van der Waals surface area contributed by atoms with Gasteiger partial charge in [0.15, 0.2) is 9.84 Å². The van der Waals surface area contributed by atoms with Gasteiger partial charge in [-0.2, -0.15) is 0 Å². The number of hydrogen-bond donors (Lipinski definition) is 1. The summed E-state index contributed by atoms with van der Waals surface area (Å²) >= 11 is 0. The van der Waals surface area contributed by atoms with E-state index in [2.05, 4.69) is 76.5 Å². The van der Waals surface area contributed by atoms with Crippen LogP contribution in [0.15, 0.2) is 42.5 Å². The largest absolute Gasteiger partial charge is 0.465 e. The molecule has 0 radical (unpaired) electrons. The van der Waals surface area contributed by atoms with Gasteiger partial charge in [0.2, 0.25) is 0 Å². The van der Waals surface area contributed by atoms with Gasteiger partial charge in [-0.1, -0.05) is 65.0 Å². The van der Waals surface area contributed by atoms with Crippen molar-refractivity contribution in [3.8, 4) is 0 Å². The lowest BCUT2D eigenvalue weighted by molar-refractivity contribution is -0.219. The lowest BCUT2D eigenvalue weighted by Crippen LogP contribution is -2.68. The number of allylic oxidation sites excluding steroid dienone is 3. The summed E-state index contributed by atoms with van der Waals surface area (Å²) in [6, 6.07) is 8.10. The van der Waals surface area contributed by atoms with Crippen molar-refractivity contribution in [2.75, 3.05) is 44.8 Å². The van der Waals surface area contributed by atoms with Crippen LogP contribution in [-0.2, 0) is 14.6 Å². The summed E-state index contributed by atoms with van der Waals surface area (Å²) in [6.07, 6.45) is 13.9. The number of methoxy groups -OCH3 is 1. The number of benzene rings is 1. The van der Waals surface area contributed by atoms with Crippen molar-refractivity contribution in [3.05, 3.63) is 53.6 Å².